The SMILES string of the molecule is Cc1ccc(N2C(=O)CC(=O)N(C)c3ccc(F)cc32)cc1. The van der Waals surface area contributed by atoms with Crippen LogP contribution in [0.1, 0.15) is 12.0 Å². The second-order valence-electron chi connectivity index (χ2n) is 5.33. The second-order valence-corrected chi connectivity index (χ2v) is 5.33. The molecule has 0 bridgehead atoms. The number of hydrogen-bond donors (Lipinski definition) is 0. The Morgan fingerprint density at radius 1 is 0.955 bits per heavy atom. The van der Waals surface area contributed by atoms with Crippen LogP contribution < -0.4 is 9.80 Å². The molecule has 0 saturated heterocycles. The summed E-state index contributed by atoms with van der Waals surface area (Å²) < 4.78 is 13.7. The number of anilines is 3. The number of hydrogen-bond acceptors (Lipinski definition) is 2. The summed E-state index contributed by atoms with van der Waals surface area (Å²) in [6, 6.07) is 11.4. The van der Waals surface area contributed by atoms with E-state index in [1.807, 2.05) is 19.1 Å². The van der Waals surface area contributed by atoms with Crippen LogP contribution in [0.4, 0.5) is 21.5 Å². The topological polar surface area (TPSA) is 40.6 Å². The number of aryl methyl sites for hydroxylation is 1. The summed E-state index contributed by atoms with van der Waals surface area (Å²) in [5, 5.41) is 0. The zero-order valence-electron chi connectivity index (χ0n) is 12.3. The van der Waals surface area contributed by atoms with Crippen LogP contribution >= 0.6 is 0 Å². The lowest BCUT2D eigenvalue weighted by molar-refractivity contribution is -0.125. The summed E-state index contributed by atoms with van der Waals surface area (Å²) in [6.45, 7) is 1.94. The van der Waals surface area contributed by atoms with Crippen molar-refractivity contribution in [2.75, 3.05) is 16.8 Å². The predicted molar refractivity (Wildman–Crippen MR) is 82.8 cm³/mol. The van der Waals surface area contributed by atoms with Crippen molar-refractivity contribution >= 4 is 28.9 Å². The molecule has 2 aromatic rings. The molecule has 1 aliphatic heterocycles. The lowest BCUT2D eigenvalue weighted by Gasteiger charge is -2.24. The highest BCUT2D eigenvalue weighted by Crippen LogP contribution is 2.37. The van der Waals surface area contributed by atoms with E-state index in [1.165, 1.54) is 28.0 Å². The molecule has 3 rings (SSSR count). The van der Waals surface area contributed by atoms with Crippen molar-refractivity contribution in [3.05, 3.63) is 53.8 Å². The van der Waals surface area contributed by atoms with Crippen molar-refractivity contribution in [3.63, 3.8) is 0 Å². The monoisotopic (exact) mass is 298 g/mol. The summed E-state index contributed by atoms with van der Waals surface area (Å²) in [7, 11) is 1.59. The normalized spacial score (nSPS) is 14.9. The van der Waals surface area contributed by atoms with E-state index in [0.29, 0.717) is 17.1 Å². The highest BCUT2D eigenvalue weighted by molar-refractivity contribution is 6.17. The average molecular weight is 298 g/mol. The highest BCUT2D eigenvalue weighted by atomic mass is 19.1. The van der Waals surface area contributed by atoms with E-state index < -0.39 is 5.82 Å². The molecule has 2 amide bonds. The number of carbonyl (C=O) groups excluding carboxylic acids is 2. The Morgan fingerprint density at radius 2 is 1.64 bits per heavy atom. The van der Waals surface area contributed by atoms with Crippen molar-refractivity contribution < 1.29 is 14.0 Å². The maximum absolute atomic E-state index is 13.7. The van der Waals surface area contributed by atoms with Crippen LogP contribution in [0.2, 0.25) is 0 Å². The summed E-state index contributed by atoms with van der Waals surface area (Å²) in [5.74, 6) is -1.14. The van der Waals surface area contributed by atoms with E-state index in [2.05, 4.69) is 0 Å². The molecule has 0 atom stereocenters. The van der Waals surface area contributed by atoms with Crippen molar-refractivity contribution in [1.29, 1.82) is 0 Å². The van der Waals surface area contributed by atoms with E-state index in [1.54, 1.807) is 19.2 Å². The molecule has 1 aliphatic rings. The van der Waals surface area contributed by atoms with Crippen molar-refractivity contribution in [2.45, 2.75) is 13.3 Å². The zero-order chi connectivity index (χ0) is 15.9. The van der Waals surface area contributed by atoms with Gasteiger partial charge in [0.1, 0.15) is 12.2 Å². The molecule has 0 aromatic heterocycles. The maximum atomic E-state index is 13.7. The molecule has 0 spiro atoms. The third-order valence-corrected chi connectivity index (χ3v) is 3.76. The predicted octanol–water partition coefficient (Wildman–Crippen LogP) is 3.17. The number of fused-ring (bicyclic) bond motifs is 1. The Morgan fingerprint density at radius 3 is 2.32 bits per heavy atom. The molecule has 1 heterocycles. The van der Waals surface area contributed by atoms with E-state index in [4.69, 9.17) is 0 Å². The van der Waals surface area contributed by atoms with Crippen molar-refractivity contribution in [3.8, 4) is 0 Å². The summed E-state index contributed by atoms with van der Waals surface area (Å²) in [5.41, 5.74) is 2.56. The van der Waals surface area contributed by atoms with Gasteiger partial charge in [0.15, 0.2) is 0 Å². The molecule has 0 N–H and O–H groups in total. The fourth-order valence-electron chi connectivity index (χ4n) is 2.53. The molecule has 0 unspecified atom stereocenters. The van der Waals surface area contributed by atoms with Crippen LogP contribution in [0, 0.1) is 12.7 Å². The van der Waals surface area contributed by atoms with Gasteiger partial charge in [0.25, 0.3) is 0 Å². The Hall–Kier alpha value is -2.69. The number of nitrogens with zero attached hydrogens (tertiary/aromatic N) is 2. The molecule has 22 heavy (non-hydrogen) atoms. The highest BCUT2D eigenvalue weighted by Gasteiger charge is 2.30. The third kappa shape index (κ3) is 2.35. The van der Waals surface area contributed by atoms with Gasteiger partial charge in [0.2, 0.25) is 11.8 Å². The van der Waals surface area contributed by atoms with Crippen molar-refractivity contribution in [1.82, 2.24) is 0 Å². The van der Waals surface area contributed by atoms with E-state index >= 15 is 0 Å². The molecule has 0 radical (unpaired) electrons. The minimum atomic E-state index is -0.452. The minimum Gasteiger partial charge on any atom is -0.313 e. The van der Waals surface area contributed by atoms with Gasteiger partial charge in [-0.2, -0.15) is 0 Å². The second kappa shape index (κ2) is 5.26. The quantitative estimate of drug-likeness (QED) is 0.759. The van der Waals surface area contributed by atoms with Crippen LogP contribution in [-0.2, 0) is 9.59 Å². The molecule has 5 heteroatoms. The van der Waals surface area contributed by atoms with E-state index in [-0.39, 0.29) is 18.2 Å². The van der Waals surface area contributed by atoms with Gasteiger partial charge < -0.3 is 4.90 Å². The Kier molecular flexibility index (Phi) is 3.41. The Bertz CT molecular complexity index is 756. The number of benzene rings is 2. The fourth-order valence-corrected chi connectivity index (χ4v) is 2.53. The van der Waals surface area contributed by atoms with Gasteiger partial charge in [-0.1, -0.05) is 17.7 Å². The van der Waals surface area contributed by atoms with Gasteiger partial charge >= 0.3 is 0 Å². The van der Waals surface area contributed by atoms with Gasteiger partial charge in [-0.25, -0.2) is 4.39 Å². The standard InChI is InChI=1S/C17H15FN2O2/c1-11-3-6-13(7-4-11)20-15-9-12(18)5-8-14(15)19(2)16(21)10-17(20)22/h3-9H,10H2,1-2H3. The number of amides is 2. The largest absolute Gasteiger partial charge is 0.313 e. The van der Waals surface area contributed by atoms with Gasteiger partial charge in [-0.15, -0.1) is 0 Å². The first-order chi connectivity index (χ1) is 10.5. The first-order valence-electron chi connectivity index (χ1n) is 6.93. The summed E-state index contributed by atoms with van der Waals surface area (Å²) in [4.78, 5) is 27.4. The summed E-state index contributed by atoms with van der Waals surface area (Å²) in [6.07, 6.45) is -0.249. The molecule has 4 nitrogen and oxygen atoms in total. The molecular formula is C17H15FN2O2. The third-order valence-electron chi connectivity index (χ3n) is 3.76. The lowest BCUT2D eigenvalue weighted by atomic mass is 10.1. The van der Waals surface area contributed by atoms with Crippen LogP contribution in [-0.4, -0.2) is 18.9 Å². The Labute approximate surface area is 127 Å². The molecule has 0 fully saturated rings. The maximum Gasteiger partial charge on any atom is 0.241 e. The first kappa shape index (κ1) is 14.3. The fraction of sp³-hybridized carbons (Fsp3) is 0.176. The van der Waals surface area contributed by atoms with E-state index in [9.17, 15) is 14.0 Å². The number of halogens is 1. The van der Waals surface area contributed by atoms with Crippen LogP contribution in [0.15, 0.2) is 42.5 Å². The van der Waals surface area contributed by atoms with Crippen LogP contribution in [0.3, 0.4) is 0 Å². The molecular weight excluding hydrogens is 283 g/mol. The van der Waals surface area contributed by atoms with Gasteiger partial charge in [-0.05, 0) is 31.2 Å². The summed E-state index contributed by atoms with van der Waals surface area (Å²) >= 11 is 0. The average Bonchev–Trinajstić information content (AvgIpc) is 2.56. The molecule has 0 saturated carbocycles. The minimum absolute atomic E-state index is 0.249. The number of rotatable bonds is 1. The van der Waals surface area contributed by atoms with Gasteiger partial charge in [0, 0.05) is 18.8 Å². The molecule has 2 aromatic carbocycles. The first-order valence-corrected chi connectivity index (χ1v) is 6.93. The molecule has 0 aliphatic carbocycles. The number of carbonyl (C=O) groups is 2. The van der Waals surface area contributed by atoms with Gasteiger partial charge in [0.05, 0.1) is 11.4 Å². The van der Waals surface area contributed by atoms with Crippen LogP contribution in [0.5, 0.6) is 0 Å². The molecule has 112 valence electrons. The Balaban J connectivity index is 2.22. The van der Waals surface area contributed by atoms with Gasteiger partial charge in [-0.3, -0.25) is 14.5 Å². The van der Waals surface area contributed by atoms with E-state index in [0.717, 1.165) is 5.56 Å². The smallest absolute Gasteiger partial charge is 0.241 e. The zero-order valence-corrected chi connectivity index (χ0v) is 12.3. The van der Waals surface area contributed by atoms with Crippen LogP contribution in [0.25, 0.3) is 0 Å². The van der Waals surface area contributed by atoms with Crippen molar-refractivity contribution in [2.24, 2.45) is 0 Å². The lowest BCUT2D eigenvalue weighted by Crippen LogP contribution is -2.28.